The van der Waals surface area contributed by atoms with E-state index in [1.54, 1.807) is 24.2 Å². The van der Waals surface area contributed by atoms with Crippen LogP contribution in [0.5, 0.6) is 0 Å². The van der Waals surface area contributed by atoms with E-state index in [0.29, 0.717) is 19.5 Å². The molecule has 0 unspecified atom stereocenters. The first-order valence-corrected chi connectivity index (χ1v) is 8.75. The Labute approximate surface area is 151 Å². The Morgan fingerprint density at radius 2 is 2.27 bits per heavy atom. The predicted molar refractivity (Wildman–Crippen MR) is 93.2 cm³/mol. The molecule has 3 rings (SSSR count). The molecule has 0 bridgehead atoms. The topological polar surface area (TPSA) is 114 Å². The average molecular weight is 360 g/mol. The third-order valence-corrected chi connectivity index (χ3v) is 4.69. The summed E-state index contributed by atoms with van der Waals surface area (Å²) >= 11 is 0. The van der Waals surface area contributed by atoms with Crippen molar-refractivity contribution in [2.24, 2.45) is 5.92 Å². The largest absolute Gasteiger partial charge is 0.379 e. The Kier molecular flexibility index (Phi) is 6.00. The molecule has 1 aliphatic rings. The van der Waals surface area contributed by atoms with E-state index in [-0.39, 0.29) is 35.7 Å². The molecule has 1 saturated carbocycles. The second kappa shape index (κ2) is 8.61. The molecule has 9 heteroatoms. The van der Waals surface area contributed by atoms with Crippen molar-refractivity contribution in [1.29, 1.82) is 0 Å². The van der Waals surface area contributed by atoms with E-state index in [0.717, 1.165) is 12.8 Å². The van der Waals surface area contributed by atoms with Crippen molar-refractivity contribution in [3.05, 3.63) is 36.7 Å². The van der Waals surface area contributed by atoms with Crippen LogP contribution >= 0.6 is 0 Å². The molecule has 1 fully saturated rings. The predicted octanol–water partition coefficient (Wildman–Crippen LogP) is 0.336. The number of rotatable bonds is 7. The molecule has 0 spiro atoms. The van der Waals surface area contributed by atoms with E-state index >= 15 is 0 Å². The number of ether oxygens (including phenoxy) is 1. The minimum atomic E-state index is -0.290. The summed E-state index contributed by atoms with van der Waals surface area (Å²) in [4.78, 5) is 31.5. The summed E-state index contributed by atoms with van der Waals surface area (Å²) in [6.45, 7) is 1.15. The summed E-state index contributed by atoms with van der Waals surface area (Å²) in [7, 11) is 1.63. The number of imidazole rings is 1. The second-order valence-corrected chi connectivity index (χ2v) is 6.36. The first kappa shape index (κ1) is 18.1. The van der Waals surface area contributed by atoms with Crippen molar-refractivity contribution in [2.75, 3.05) is 13.7 Å². The van der Waals surface area contributed by atoms with Crippen molar-refractivity contribution in [3.8, 4) is 0 Å². The Hall–Kier alpha value is -2.68. The lowest BCUT2D eigenvalue weighted by Crippen LogP contribution is -2.50. The molecule has 0 saturated heterocycles. The van der Waals surface area contributed by atoms with Crippen molar-refractivity contribution >= 4 is 11.8 Å². The molecule has 9 nitrogen and oxygen atoms in total. The van der Waals surface area contributed by atoms with E-state index in [9.17, 15) is 9.59 Å². The fourth-order valence-electron chi connectivity index (χ4n) is 3.31. The molecular weight excluding hydrogens is 336 g/mol. The first-order chi connectivity index (χ1) is 12.7. The van der Waals surface area contributed by atoms with E-state index in [1.807, 2.05) is 12.3 Å². The standard InChI is InChI=1S/C17H24N6O3/c1-26-14-4-3-12(16(24)20-8-10-23-9-2-5-21-23)11-13(14)22-17(25)15-18-6-7-19-15/h2,5-7,9,12-14H,3-4,8,10-11H2,1H3,(H,18,19)(H,20,24)(H,22,25)/t12-,13+,14+/m0/s1. The number of aromatic amines is 1. The maximum atomic E-state index is 12.5. The SMILES string of the molecule is CO[C@@H]1CC[C@H](C(=O)NCCn2cccn2)C[C@H]1NC(=O)c1ncc[nH]1. The van der Waals surface area contributed by atoms with Gasteiger partial charge < -0.3 is 20.4 Å². The molecule has 2 heterocycles. The summed E-state index contributed by atoms with van der Waals surface area (Å²) in [5.74, 6) is -0.183. The van der Waals surface area contributed by atoms with Gasteiger partial charge in [-0.25, -0.2) is 4.98 Å². The minimum Gasteiger partial charge on any atom is -0.379 e. The third-order valence-electron chi connectivity index (χ3n) is 4.69. The maximum Gasteiger partial charge on any atom is 0.287 e. The van der Waals surface area contributed by atoms with Gasteiger partial charge in [-0.3, -0.25) is 14.3 Å². The van der Waals surface area contributed by atoms with Gasteiger partial charge in [-0.2, -0.15) is 5.10 Å². The van der Waals surface area contributed by atoms with Crippen LogP contribution in [0.3, 0.4) is 0 Å². The van der Waals surface area contributed by atoms with Gasteiger partial charge in [-0.1, -0.05) is 0 Å². The summed E-state index contributed by atoms with van der Waals surface area (Å²) in [6.07, 6.45) is 8.58. The number of carbonyl (C=O) groups excluding carboxylic acids is 2. The summed E-state index contributed by atoms with van der Waals surface area (Å²) in [5, 5.41) is 10.00. The van der Waals surface area contributed by atoms with Gasteiger partial charge in [0.2, 0.25) is 5.91 Å². The van der Waals surface area contributed by atoms with E-state index < -0.39 is 0 Å². The number of amides is 2. The summed E-state index contributed by atoms with van der Waals surface area (Å²) in [5.41, 5.74) is 0. The van der Waals surface area contributed by atoms with Crippen molar-refractivity contribution in [1.82, 2.24) is 30.4 Å². The highest BCUT2D eigenvalue weighted by molar-refractivity contribution is 5.90. The molecule has 0 aliphatic heterocycles. The highest BCUT2D eigenvalue weighted by atomic mass is 16.5. The first-order valence-electron chi connectivity index (χ1n) is 8.75. The lowest BCUT2D eigenvalue weighted by atomic mass is 9.83. The van der Waals surface area contributed by atoms with Gasteiger partial charge in [0.25, 0.3) is 5.91 Å². The number of nitrogens with zero attached hydrogens (tertiary/aromatic N) is 3. The Balaban J connectivity index is 1.52. The minimum absolute atomic E-state index is 0.00366. The molecule has 1 aliphatic carbocycles. The highest BCUT2D eigenvalue weighted by Crippen LogP contribution is 2.27. The molecule has 2 aromatic heterocycles. The number of hydrogen-bond acceptors (Lipinski definition) is 5. The lowest BCUT2D eigenvalue weighted by Gasteiger charge is -2.35. The monoisotopic (exact) mass is 360 g/mol. The van der Waals surface area contributed by atoms with Crippen LogP contribution in [-0.4, -0.2) is 57.4 Å². The molecule has 140 valence electrons. The fraction of sp³-hybridized carbons (Fsp3) is 0.529. The van der Waals surface area contributed by atoms with Crippen molar-refractivity contribution in [3.63, 3.8) is 0 Å². The Morgan fingerprint density at radius 3 is 2.96 bits per heavy atom. The number of nitrogens with one attached hydrogen (secondary N) is 3. The smallest absolute Gasteiger partial charge is 0.287 e. The lowest BCUT2D eigenvalue weighted by molar-refractivity contribution is -0.127. The number of carbonyl (C=O) groups is 2. The zero-order valence-corrected chi connectivity index (χ0v) is 14.7. The normalized spacial score (nSPS) is 22.7. The molecule has 3 atom stereocenters. The zero-order valence-electron chi connectivity index (χ0n) is 14.7. The number of H-pyrrole nitrogens is 1. The van der Waals surface area contributed by atoms with Gasteiger partial charge in [0.1, 0.15) is 0 Å². The molecule has 2 aromatic rings. The average Bonchev–Trinajstić information content (AvgIpc) is 3.35. The van der Waals surface area contributed by atoms with Crippen LogP contribution in [0.4, 0.5) is 0 Å². The molecule has 2 amide bonds. The van der Waals surface area contributed by atoms with Gasteiger partial charge in [0.15, 0.2) is 5.82 Å². The summed E-state index contributed by atoms with van der Waals surface area (Å²) in [6, 6.07) is 1.62. The molecule has 0 aromatic carbocycles. The van der Waals surface area contributed by atoms with Crippen LogP contribution in [0.15, 0.2) is 30.9 Å². The van der Waals surface area contributed by atoms with Crippen LogP contribution in [-0.2, 0) is 16.1 Å². The van der Waals surface area contributed by atoms with Crippen LogP contribution in [0, 0.1) is 5.92 Å². The zero-order chi connectivity index (χ0) is 18.4. The summed E-state index contributed by atoms with van der Waals surface area (Å²) < 4.78 is 7.26. The number of aromatic nitrogens is 4. The van der Waals surface area contributed by atoms with Crippen molar-refractivity contribution < 1.29 is 14.3 Å². The number of methoxy groups -OCH3 is 1. The highest BCUT2D eigenvalue weighted by Gasteiger charge is 2.35. The molecule has 3 N–H and O–H groups in total. The van der Waals surface area contributed by atoms with E-state index in [4.69, 9.17) is 4.74 Å². The van der Waals surface area contributed by atoms with Gasteiger partial charge in [-0.05, 0) is 25.3 Å². The van der Waals surface area contributed by atoms with Crippen LogP contribution < -0.4 is 10.6 Å². The Morgan fingerprint density at radius 1 is 1.38 bits per heavy atom. The molecule has 26 heavy (non-hydrogen) atoms. The number of hydrogen-bond donors (Lipinski definition) is 3. The van der Waals surface area contributed by atoms with E-state index in [1.165, 1.54) is 6.20 Å². The quantitative estimate of drug-likeness (QED) is 0.659. The van der Waals surface area contributed by atoms with Crippen molar-refractivity contribution in [2.45, 2.75) is 38.0 Å². The van der Waals surface area contributed by atoms with Gasteiger partial charge in [0.05, 0.1) is 18.7 Å². The third kappa shape index (κ3) is 4.48. The van der Waals surface area contributed by atoms with Crippen LogP contribution in [0.1, 0.15) is 29.9 Å². The molecular formula is C17H24N6O3. The van der Waals surface area contributed by atoms with Gasteiger partial charge >= 0.3 is 0 Å². The van der Waals surface area contributed by atoms with E-state index in [2.05, 4.69) is 25.7 Å². The van der Waals surface area contributed by atoms with Gasteiger partial charge in [0, 0.05) is 44.4 Å². The maximum absolute atomic E-state index is 12.5. The van der Waals surface area contributed by atoms with Crippen LogP contribution in [0.25, 0.3) is 0 Å². The van der Waals surface area contributed by atoms with Crippen LogP contribution in [0.2, 0.25) is 0 Å². The fourth-order valence-corrected chi connectivity index (χ4v) is 3.31. The second-order valence-electron chi connectivity index (χ2n) is 6.36. The molecule has 0 radical (unpaired) electrons. The van der Waals surface area contributed by atoms with Gasteiger partial charge in [-0.15, -0.1) is 0 Å². The Bertz CT molecular complexity index is 700.